The Bertz CT molecular complexity index is 3190. The minimum Gasteiger partial charge on any atom is -0.247 e. The Morgan fingerprint density at radius 2 is 0.737 bits per heavy atom. The van der Waals surface area contributed by atoms with Gasteiger partial charge < -0.3 is 0 Å². The first-order valence-electron chi connectivity index (χ1n) is 19.0. The van der Waals surface area contributed by atoms with Crippen LogP contribution in [0, 0.1) is 0 Å². The predicted octanol–water partition coefficient (Wildman–Crippen LogP) is 13.9. The maximum atomic E-state index is 5.19. The molecule has 0 unspecified atom stereocenters. The minimum absolute atomic E-state index is 0.647. The van der Waals surface area contributed by atoms with E-state index in [4.69, 9.17) is 19.9 Å². The minimum atomic E-state index is 0.647. The van der Waals surface area contributed by atoms with Gasteiger partial charge in [-0.05, 0) is 46.5 Å². The molecule has 3 aromatic heterocycles. The lowest BCUT2D eigenvalue weighted by Gasteiger charge is -2.12. The average Bonchev–Trinajstić information content (AvgIpc) is 3.68. The quantitative estimate of drug-likeness (QED) is 0.159. The van der Waals surface area contributed by atoms with E-state index < -0.39 is 0 Å². The van der Waals surface area contributed by atoms with Crippen LogP contribution in [-0.2, 0) is 0 Å². The van der Waals surface area contributed by atoms with E-state index in [1.807, 2.05) is 72.0 Å². The molecule has 0 spiro atoms. The zero-order valence-corrected chi connectivity index (χ0v) is 31.5. The van der Waals surface area contributed by atoms with Gasteiger partial charge in [0.25, 0.3) is 0 Å². The second-order valence-corrected chi connectivity index (χ2v) is 15.3. The Morgan fingerprint density at radius 3 is 1.33 bits per heavy atom. The second-order valence-electron chi connectivity index (χ2n) is 14.2. The lowest BCUT2D eigenvalue weighted by Crippen LogP contribution is -2.00. The van der Waals surface area contributed by atoms with Crippen molar-refractivity contribution in [3.8, 4) is 67.7 Å². The molecule has 8 aromatic carbocycles. The molecular weight excluding hydrogens is 713 g/mol. The summed E-state index contributed by atoms with van der Waals surface area (Å²) >= 11 is 1.86. The van der Waals surface area contributed by atoms with E-state index in [-0.39, 0.29) is 0 Å². The normalized spacial score (nSPS) is 11.5. The van der Waals surface area contributed by atoms with Crippen molar-refractivity contribution in [3.05, 3.63) is 194 Å². The van der Waals surface area contributed by atoms with Crippen LogP contribution in [0.3, 0.4) is 0 Å². The van der Waals surface area contributed by atoms with Crippen molar-refractivity contribution in [3.63, 3.8) is 0 Å². The van der Waals surface area contributed by atoms with Gasteiger partial charge in [0, 0.05) is 58.6 Å². The fraction of sp³-hybridized carbons (Fsp3) is 0. The molecule has 0 atom stereocenters. The van der Waals surface area contributed by atoms with Crippen LogP contribution in [0.25, 0.3) is 110 Å². The fourth-order valence-electron chi connectivity index (χ4n) is 7.91. The number of hydrogen-bond donors (Lipinski definition) is 0. The molecule has 11 rings (SSSR count). The summed E-state index contributed by atoms with van der Waals surface area (Å²) < 4.78 is 2.57. The SMILES string of the molecule is c1ccc(-c2nc(-c3ccccc3)nc(-c3ccc(-c4ccc(-c5ccc6sc7ccc8c(-c9ccccc9)nc9ccccc9c8c7c6c5)cc4)cc3)n2)cc1. The molecule has 11 aromatic rings. The molecule has 0 bridgehead atoms. The molecule has 0 fully saturated rings. The van der Waals surface area contributed by atoms with E-state index in [0.29, 0.717) is 17.5 Å². The molecule has 0 aliphatic rings. The smallest absolute Gasteiger partial charge is 0.164 e. The van der Waals surface area contributed by atoms with Crippen molar-refractivity contribution >= 4 is 53.2 Å². The van der Waals surface area contributed by atoms with E-state index in [9.17, 15) is 0 Å². The van der Waals surface area contributed by atoms with Crippen LogP contribution < -0.4 is 0 Å². The lowest BCUT2D eigenvalue weighted by atomic mass is 9.95. The number of rotatable bonds is 6. The zero-order valence-electron chi connectivity index (χ0n) is 30.7. The molecule has 0 aliphatic heterocycles. The first-order valence-corrected chi connectivity index (χ1v) is 19.9. The van der Waals surface area contributed by atoms with Gasteiger partial charge in [-0.25, -0.2) is 19.9 Å². The molecule has 0 N–H and O–H groups in total. The lowest BCUT2D eigenvalue weighted by molar-refractivity contribution is 1.07. The summed E-state index contributed by atoms with van der Waals surface area (Å²) in [6.45, 7) is 0. The number of hydrogen-bond acceptors (Lipinski definition) is 5. The molecule has 0 radical (unpaired) electrons. The largest absolute Gasteiger partial charge is 0.247 e. The molecule has 57 heavy (non-hydrogen) atoms. The fourth-order valence-corrected chi connectivity index (χ4v) is 9.00. The Kier molecular flexibility index (Phi) is 7.97. The Balaban J connectivity index is 0.953. The van der Waals surface area contributed by atoms with Crippen LogP contribution >= 0.6 is 11.3 Å². The van der Waals surface area contributed by atoms with Crippen molar-refractivity contribution in [2.45, 2.75) is 0 Å². The summed E-state index contributed by atoms with van der Waals surface area (Å²) in [5, 5.41) is 6.20. The molecule has 0 saturated carbocycles. The topological polar surface area (TPSA) is 51.6 Å². The number of fused-ring (bicyclic) bond motifs is 7. The van der Waals surface area contributed by atoms with Gasteiger partial charge in [0.2, 0.25) is 0 Å². The summed E-state index contributed by atoms with van der Waals surface area (Å²) in [7, 11) is 0. The number of para-hydroxylation sites is 1. The Morgan fingerprint density at radius 1 is 0.281 bits per heavy atom. The summed E-state index contributed by atoms with van der Waals surface area (Å²) in [6, 6.07) is 68.1. The standard InChI is InChI=1S/C52H32N4S/c1-4-12-36(13-5-1)49-42-29-31-46-48(47(42)41-18-10-11-19-44(41)53-49)43-32-40(28-30-45(43)57-46)35-22-20-33(21-23-35)34-24-26-39(27-25-34)52-55-50(37-14-6-2-7-15-37)54-51(56-52)38-16-8-3-9-17-38/h1-32H. The monoisotopic (exact) mass is 744 g/mol. The number of aromatic nitrogens is 4. The molecule has 5 heteroatoms. The molecule has 4 nitrogen and oxygen atoms in total. The molecule has 266 valence electrons. The van der Waals surface area contributed by atoms with Gasteiger partial charge in [0.05, 0.1) is 11.2 Å². The maximum Gasteiger partial charge on any atom is 0.164 e. The van der Waals surface area contributed by atoms with Crippen LogP contribution in [0.2, 0.25) is 0 Å². The van der Waals surface area contributed by atoms with Crippen molar-refractivity contribution in [1.29, 1.82) is 0 Å². The van der Waals surface area contributed by atoms with Gasteiger partial charge in [-0.3, -0.25) is 0 Å². The van der Waals surface area contributed by atoms with Gasteiger partial charge in [-0.1, -0.05) is 170 Å². The Hall–Kier alpha value is -7.34. The van der Waals surface area contributed by atoms with Gasteiger partial charge in [-0.2, -0.15) is 0 Å². The van der Waals surface area contributed by atoms with Gasteiger partial charge >= 0.3 is 0 Å². The zero-order chi connectivity index (χ0) is 37.7. The van der Waals surface area contributed by atoms with E-state index in [1.165, 1.54) is 47.5 Å². The van der Waals surface area contributed by atoms with E-state index in [1.54, 1.807) is 0 Å². The maximum absolute atomic E-state index is 5.19. The van der Waals surface area contributed by atoms with E-state index in [0.717, 1.165) is 44.6 Å². The highest BCUT2D eigenvalue weighted by Crippen LogP contribution is 2.44. The van der Waals surface area contributed by atoms with Crippen LogP contribution in [0.4, 0.5) is 0 Å². The van der Waals surface area contributed by atoms with Gasteiger partial charge in [0.15, 0.2) is 17.5 Å². The third-order valence-electron chi connectivity index (χ3n) is 10.7. The van der Waals surface area contributed by atoms with Crippen LogP contribution in [0.15, 0.2) is 194 Å². The number of thiophene rings is 1. The van der Waals surface area contributed by atoms with Crippen molar-refractivity contribution in [2.24, 2.45) is 0 Å². The third-order valence-corrected chi connectivity index (χ3v) is 11.9. The summed E-state index contributed by atoms with van der Waals surface area (Å²) in [5.41, 5.74) is 10.7. The highest BCUT2D eigenvalue weighted by atomic mass is 32.1. The first-order chi connectivity index (χ1) is 28.2. The van der Waals surface area contributed by atoms with Crippen LogP contribution in [0.5, 0.6) is 0 Å². The highest BCUT2D eigenvalue weighted by molar-refractivity contribution is 7.26. The van der Waals surface area contributed by atoms with Crippen molar-refractivity contribution in [2.75, 3.05) is 0 Å². The van der Waals surface area contributed by atoms with Gasteiger partial charge in [0.1, 0.15) is 0 Å². The van der Waals surface area contributed by atoms with Crippen LogP contribution in [-0.4, -0.2) is 19.9 Å². The highest BCUT2D eigenvalue weighted by Gasteiger charge is 2.17. The first kappa shape index (κ1) is 33.0. The molecule has 0 saturated heterocycles. The van der Waals surface area contributed by atoms with Crippen LogP contribution in [0.1, 0.15) is 0 Å². The number of pyridine rings is 1. The molecule has 0 aliphatic carbocycles. The molecular formula is C52H32N4S. The number of benzene rings is 8. The summed E-state index contributed by atoms with van der Waals surface area (Å²) in [6.07, 6.45) is 0. The second kappa shape index (κ2) is 13.7. The van der Waals surface area contributed by atoms with E-state index >= 15 is 0 Å². The van der Waals surface area contributed by atoms with Gasteiger partial charge in [-0.15, -0.1) is 11.3 Å². The van der Waals surface area contributed by atoms with Crippen molar-refractivity contribution < 1.29 is 0 Å². The molecule has 3 heterocycles. The summed E-state index contributed by atoms with van der Waals surface area (Å²) in [5.74, 6) is 1.96. The predicted molar refractivity (Wildman–Crippen MR) is 238 cm³/mol. The third kappa shape index (κ3) is 5.93. The summed E-state index contributed by atoms with van der Waals surface area (Å²) in [4.78, 5) is 19.8. The number of nitrogens with zero attached hydrogens (tertiary/aromatic N) is 4. The molecule has 0 amide bonds. The van der Waals surface area contributed by atoms with E-state index in [2.05, 4.69) is 133 Å². The average molecular weight is 745 g/mol. The Labute approximate surface area is 333 Å². The van der Waals surface area contributed by atoms with Crippen molar-refractivity contribution in [1.82, 2.24) is 19.9 Å².